The zero-order valence-corrected chi connectivity index (χ0v) is 13.2. The van der Waals surface area contributed by atoms with Crippen molar-refractivity contribution in [1.29, 1.82) is 0 Å². The fourth-order valence-electron chi connectivity index (χ4n) is 2.61. The largest absolute Gasteiger partial charge is 0.496 e. The molecule has 0 spiro atoms. The SMILES string of the molecule is COc1cc(Cl)ccc1-c1nc(C2(N)CCCC2)no1.Cl. The van der Waals surface area contributed by atoms with Gasteiger partial charge in [0.2, 0.25) is 0 Å². The quantitative estimate of drug-likeness (QED) is 0.931. The van der Waals surface area contributed by atoms with Gasteiger partial charge in [-0.3, -0.25) is 0 Å². The Morgan fingerprint density at radius 1 is 1.33 bits per heavy atom. The molecule has 1 heterocycles. The van der Waals surface area contributed by atoms with E-state index >= 15 is 0 Å². The molecule has 1 aliphatic rings. The lowest BCUT2D eigenvalue weighted by atomic mass is 9.99. The van der Waals surface area contributed by atoms with Gasteiger partial charge in [0, 0.05) is 5.02 Å². The van der Waals surface area contributed by atoms with Gasteiger partial charge in [-0.05, 0) is 31.0 Å². The molecule has 1 aromatic heterocycles. The summed E-state index contributed by atoms with van der Waals surface area (Å²) in [5.74, 6) is 1.58. The number of hydrogen-bond donors (Lipinski definition) is 1. The van der Waals surface area contributed by atoms with Crippen molar-refractivity contribution in [3.05, 3.63) is 29.0 Å². The van der Waals surface area contributed by atoms with Crippen LogP contribution in [0.4, 0.5) is 0 Å². The fraction of sp³-hybridized carbons (Fsp3) is 0.429. The molecule has 3 rings (SSSR count). The average molecular weight is 330 g/mol. The molecule has 0 radical (unpaired) electrons. The van der Waals surface area contributed by atoms with E-state index in [1.165, 1.54) is 0 Å². The summed E-state index contributed by atoms with van der Waals surface area (Å²) in [7, 11) is 1.58. The predicted octanol–water partition coefficient (Wildman–Crippen LogP) is 3.55. The molecule has 1 fully saturated rings. The summed E-state index contributed by atoms with van der Waals surface area (Å²) >= 11 is 5.95. The highest BCUT2D eigenvalue weighted by Gasteiger charge is 2.36. The molecule has 21 heavy (non-hydrogen) atoms. The van der Waals surface area contributed by atoms with E-state index in [1.54, 1.807) is 25.3 Å². The topological polar surface area (TPSA) is 74.2 Å². The van der Waals surface area contributed by atoms with Crippen molar-refractivity contribution in [1.82, 2.24) is 10.1 Å². The Bertz CT molecular complexity index is 624. The van der Waals surface area contributed by atoms with Crippen molar-refractivity contribution < 1.29 is 9.26 Å². The Kier molecular flexibility index (Phi) is 4.76. The third-order valence-electron chi connectivity index (χ3n) is 3.76. The first-order valence-corrected chi connectivity index (χ1v) is 6.97. The molecule has 0 saturated heterocycles. The van der Waals surface area contributed by atoms with Crippen LogP contribution in [0.2, 0.25) is 5.02 Å². The minimum absolute atomic E-state index is 0. The van der Waals surface area contributed by atoms with E-state index in [9.17, 15) is 0 Å². The molecule has 7 heteroatoms. The molecule has 0 unspecified atom stereocenters. The molecular formula is C14H17Cl2N3O2. The van der Waals surface area contributed by atoms with Gasteiger partial charge in [-0.25, -0.2) is 0 Å². The van der Waals surface area contributed by atoms with Crippen LogP contribution in [0, 0.1) is 0 Å². The number of halogens is 2. The van der Waals surface area contributed by atoms with Gasteiger partial charge in [0.05, 0.1) is 18.2 Å². The molecular weight excluding hydrogens is 313 g/mol. The van der Waals surface area contributed by atoms with Crippen molar-refractivity contribution in [3.8, 4) is 17.2 Å². The minimum Gasteiger partial charge on any atom is -0.496 e. The molecule has 0 aliphatic heterocycles. The van der Waals surface area contributed by atoms with Gasteiger partial charge in [-0.15, -0.1) is 12.4 Å². The summed E-state index contributed by atoms with van der Waals surface area (Å²) < 4.78 is 10.6. The Morgan fingerprint density at radius 2 is 2.05 bits per heavy atom. The molecule has 2 N–H and O–H groups in total. The number of rotatable bonds is 3. The lowest BCUT2D eigenvalue weighted by molar-refractivity contribution is 0.370. The first-order chi connectivity index (χ1) is 9.62. The van der Waals surface area contributed by atoms with E-state index in [0.717, 1.165) is 31.2 Å². The van der Waals surface area contributed by atoms with E-state index < -0.39 is 5.54 Å². The number of ether oxygens (including phenoxy) is 1. The zero-order valence-electron chi connectivity index (χ0n) is 11.6. The van der Waals surface area contributed by atoms with Gasteiger partial charge < -0.3 is 15.0 Å². The highest BCUT2D eigenvalue weighted by atomic mass is 35.5. The van der Waals surface area contributed by atoms with Gasteiger partial charge in [0.25, 0.3) is 5.89 Å². The van der Waals surface area contributed by atoms with Gasteiger partial charge in [0.1, 0.15) is 5.75 Å². The van der Waals surface area contributed by atoms with Crippen molar-refractivity contribution in [2.45, 2.75) is 31.2 Å². The van der Waals surface area contributed by atoms with Crippen LogP contribution < -0.4 is 10.5 Å². The lowest BCUT2D eigenvalue weighted by Crippen LogP contribution is -2.34. The van der Waals surface area contributed by atoms with Crippen LogP contribution in [0.15, 0.2) is 22.7 Å². The first kappa shape index (κ1) is 16.1. The Morgan fingerprint density at radius 3 is 2.71 bits per heavy atom. The van der Waals surface area contributed by atoms with E-state index in [4.69, 9.17) is 26.6 Å². The second kappa shape index (κ2) is 6.22. The molecule has 0 atom stereocenters. The van der Waals surface area contributed by atoms with Gasteiger partial charge in [-0.2, -0.15) is 4.98 Å². The minimum atomic E-state index is -0.457. The molecule has 2 aromatic rings. The highest BCUT2D eigenvalue weighted by molar-refractivity contribution is 6.30. The van der Waals surface area contributed by atoms with Crippen LogP contribution in [-0.4, -0.2) is 17.3 Å². The number of methoxy groups -OCH3 is 1. The monoisotopic (exact) mass is 329 g/mol. The summed E-state index contributed by atoms with van der Waals surface area (Å²) in [6.07, 6.45) is 3.99. The zero-order chi connectivity index (χ0) is 14.2. The van der Waals surface area contributed by atoms with E-state index in [1.807, 2.05) is 0 Å². The summed E-state index contributed by atoms with van der Waals surface area (Å²) in [5.41, 5.74) is 6.59. The van der Waals surface area contributed by atoms with Crippen molar-refractivity contribution >= 4 is 24.0 Å². The van der Waals surface area contributed by atoms with Crippen molar-refractivity contribution in [2.24, 2.45) is 5.73 Å². The van der Waals surface area contributed by atoms with Crippen molar-refractivity contribution in [2.75, 3.05) is 7.11 Å². The van der Waals surface area contributed by atoms with E-state index in [0.29, 0.717) is 22.5 Å². The standard InChI is InChI=1S/C14H16ClN3O2.ClH/c1-19-11-8-9(15)4-5-10(11)12-17-13(18-20-12)14(16)6-2-3-7-14;/h4-5,8H,2-3,6-7,16H2,1H3;1H. The van der Waals surface area contributed by atoms with E-state index in [-0.39, 0.29) is 12.4 Å². The van der Waals surface area contributed by atoms with Crippen LogP contribution >= 0.6 is 24.0 Å². The molecule has 114 valence electrons. The highest BCUT2D eigenvalue weighted by Crippen LogP contribution is 2.37. The van der Waals surface area contributed by atoms with Crippen LogP contribution in [0.25, 0.3) is 11.5 Å². The normalized spacial score (nSPS) is 16.5. The summed E-state index contributed by atoms with van der Waals surface area (Å²) in [6.45, 7) is 0. The molecule has 1 aromatic carbocycles. The number of hydrogen-bond acceptors (Lipinski definition) is 5. The lowest BCUT2D eigenvalue weighted by Gasteiger charge is -2.17. The predicted molar refractivity (Wildman–Crippen MR) is 82.9 cm³/mol. The Labute approximate surface area is 134 Å². The second-order valence-electron chi connectivity index (χ2n) is 5.13. The summed E-state index contributed by atoms with van der Waals surface area (Å²) in [6, 6.07) is 5.28. The average Bonchev–Trinajstić information content (AvgIpc) is 3.08. The third kappa shape index (κ3) is 3.00. The van der Waals surface area contributed by atoms with Crippen LogP contribution in [0.1, 0.15) is 31.5 Å². The smallest absolute Gasteiger partial charge is 0.261 e. The fourth-order valence-corrected chi connectivity index (χ4v) is 2.77. The van der Waals surface area contributed by atoms with Crippen molar-refractivity contribution in [3.63, 3.8) is 0 Å². The number of nitrogens with zero attached hydrogens (tertiary/aromatic N) is 2. The molecule has 1 aliphatic carbocycles. The van der Waals surface area contributed by atoms with Gasteiger partial charge in [-0.1, -0.05) is 29.6 Å². The maximum atomic E-state index is 6.33. The van der Waals surface area contributed by atoms with Crippen LogP contribution in [0.3, 0.4) is 0 Å². The summed E-state index contributed by atoms with van der Waals surface area (Å²) in [4.78, 5) is 4.45. The van der Waals surface area contributed by atoms with Crippen LogP contribution in [-0.2, 0) is 5.54 Å². The number of aromatic nitrogens is 2. The first-order valence-electron chi connectivity index (χ1n) is 6.59. The summed E-state index contributed by atoms with van der Waals surface area (Å²) in [5, 5.41) is 4.64. The second-order valence-corrected chi connectivity index (χ2v) is 5.57. The van der Waals surface area contributed by atoms with E-state index in [2.05, 4.69) is 10.1 Å². The number of benzene rings is 1. The maximum Gasteiger partial charge on any atom is 0.261 e. The number of nitrogens with two attached hydrogens (primary N) is 1. The maximum absolute atomic E-state index is 6.33. The van der Waals surface area contributed by atoms with Crippen LogP contribution in [0.5, 0.6) is 5.75 Å². The molecule has 5 nitrogen and oxygen atoms in total. The molecule has 1 saturated carbocycles. The van der Waals surface area contributed by atoms with Gasteiger partial charge >= 0.3 is 0 Å². The molecule has 0 bridgehead atoms. The molecule has 0 amide bonds. The Balaban J connectivity index is 0.00000161. The Hall–Kier alpha value is -1.30. The van der Waals surface area contributed by atoms with Gasteiger partial charge in [0.15, 0.2) is 5.82 Å². The third-order valence-corrected chi connectivity index (χ3v) is 4.00.